The van der Waals surface area contributed by atoms with E-state index in [4.69, 9.17) is 5.73 Å². The maximum absolute atomic E-state index is 14.9. The molecule has 110 valence electrons. The number of halogens is 3. The lowest BCUT2D eigenvalue weighted by molar-refractivity contribution is 0.274. The van der Waals surface area contributed by atoms with Gasteiger partial charge in [-0.1, -0.05) is 18.2 Å². The van der Waals surface area contributed by atoms with E-state index >= 15 is 0 Å². The number of rotatable bonds is 1. The third-order valence-electron chi connectivity index (χ3n) is 4.04. The average molecular weight is 292 g/mol. The Bertz CT molecular complexity index is 660. The van der Waals surface area contributed by atoms with Gasteiger partial charge < -0.3 is 5.73 Å². The summed E-state index contributed by atoms with van der Waals surface area (Å²) in [5.74, 6) is -2.69. The lowest BCUT2D eigenvalue weighted by atomic mass is 9.88. The molecule has 0 bridgehead atoms. The van der Waals surface area contributed by atoms with Crippen molar-refractivity contribution < 1.29 is 13.2 Å². The molecule has 21 heavy (non-hydrogen) atoms. The first kappa shape index (κ1) is 14.1. The Balaban J connectivity index is 2.07. The van der Waals surface area contributed by atoms with Gasteiger partial charge in [0.15, 0.2) is 11.6 Å². The fourth-order valence-corrected chi connectivity index (χ4v) is 2.95. The molecule has 1 aliphatic rings. The monoisotopic (exact) mass is 292 g/mol. The molecule has 1 aromatic carbocycles. The molecule has 0 unspecified atom stereocenters. The standard InChI is InChI=1S/C16H15F3N2/c17-12-5-1-3-9(15(12)19)10-6-7-13(20)16-11(14(10)18)4-2-8-21-16/h1-5,8,10,13-14H,6-7,20H2/t10-,13-,14+/m1/s1. The van der Waals surface area contributed by atoms with Gasteiger partial charge in [-0.05, 0) is 30.5 Å². The molecular formula is C16H15F3N2. The van der Waals surface area contributed by atoms with Crippen molar-refractivity contribution in [2.24, 2.45) is 5.73 Å². The van der Waals surface area contributed by atoms with E-state index in [0.29, 0.717) is 24.1 Å². The highest BCUT2D eigenvalue weighted by atomic mass is 19.2. The van der Waals surface area contributed by atoms with Crippen LogP contribution in [-0.2, 0) is 0 Å². The molecule has 1 heterocycles. The number of nitrogens with zero attached hydrogens (tertiary/aromatic N) is 1. The molecule has 0 fully saturated rings. The molecule has 2 nitrogen and oxygen atoms in total. The first-order chi connectivity index (χ1) is 10.1. The minimum Gasteiger partial charge on any atom is -0.323 e. The highest BCUT2D eigenvalue weighted by molar-refractivity contribution is 5.33. The summed E-state index contributed by atoms with van der Waals surface area (Å²) in [6.45, 7) is 0. The molecule has 0 radical (unpaired) electrons. The van der Waals surface area contributed by atoms with Crippen molar-refractivity contribution in [2.75, 3.05) is 0 Å². The molecule has 2 aromatic rings. The van der Waals surface area contributed by atoms with Gasteiger partial charge in [-0.25, -0.2) is 13.2 Å². The third-order valence-corrected chi connectivity index (χ3v) is 4.04. The van der Waals surface area contributed by atoms with Crippen LogP contribution in [0.1, 0.15) is 47.8 Å². The predicted octanol–water partition coefficient (Wildman–Crippen LogP) is 3.95. The maximum Gasteiger partial charge on any atom is 0.162 e. The van der Waals surface area contributed by atoms with Crippen LogP contribution in [-0.4, -0.2) is 4.98 Å². The predicted molar refractivity (Wildman–Crippen MR) is 73.3 cm³/mol. The SMILES string of the molecule is N[C@@H]1CC[C@H](c2cccc(F)c2F)[C@H](F)c2cccnc21. The van der Waals surface area contributed by atoms with E-state index in [2.05, 4.69) is 4.98 Å². The van der Waals surface area contributed by atoms with Gasteiger partial charge in [0.1, 0.15) is 6.17 Å². The van der Waals surface area contributed by atoms with Crippen molar-refractivity contribution in [3.8, 4) is 0 Å². The fourth-order valence-electron chi connectivity index (χ4n) is 2.95. The van der Waals surface area contributed by atoms with Gasteiger partial charge >= 0.3 is 0 Å². The van der Waals surface area contributed by atoms with Gasteiger partial charge in [-0.3, -0.25) is 4.98 Å². The zero-order valence-corrected chi connectivity index (χ0v) is 11.3. The van der Waals surface area contributed by atoms with Gasteiger partial charge in [0.2, 0.25) is 0 Å². The van der Waals surface area contributed by atoms with E-state index in [0.717, 1.165) is 6.07 Å². The van der Waals surface area contributed by atoms with E-state index in [9.17, 15) is 13.2 Å². The summed E-state index contributed by atoms with van der Waals surface area (Å²) in [5.41, 5.74) is 6.96. The second-order valence-corrected chi connectivity index (χ2v) is 5.31. The van der Waals surface area contributed by atoms with Crippen molar-refractivity contribution in [1.82, 2.24) is 4.98 Å². The molecule has 3 rings (SSSR count). The topological polar surface area (TPSA) is 38.9 Å². The minimum absolute atomic E-state index is 0.0615. The molecule has 2 N–H and O–H groups in total. The Morgan fingerprint density at radius 1 is 1.05 bits per heavy atom. The van der Waals surface area contributed by atoms with Crippen molar-refractivity contribution in [1.29, 1.82) is 0 Å². The largest absolute Gasteiger partial charge is 0.323 e. The van der Waals surface area contributed by atoms with Crippen LogP contribution in [0.5, 0.6) is 0 Å². The van der Waals surface area contributed by atoms with Crippen molar-refractivity contribution in [3.05, 3.63) is 65.0 Å². The van der Waals surface area contributed by atoms with Crippen LogP contribution >= 0.6 is 0 Å². The summed E-state index contributed by atoms with van der Waals surface area (Å²) in [6, 6.07) is 6.72. The Hall–Kier alpha value is -1.88. The summed E-state index contributed by atoms with van der Waals surface area (Å²) in [7, 11) is 0. The summed E-state index contributed by atoms with van der Waals surface area (Å²) in [5, 5.41) is 0. The summed E-state index contributed by atoms with van der Waals surface area (Å²) >= 11 is 0. The van der Waals surface area contributed by atoms with Gasteiger partial charge in [-0.15, -0.1) is 0 Å². The molecule has 0 amide bonds. The quantitative estimate of drug-likeness (QED) is 0.808. The lowest BCUT2D eigenvalue weighted by Gasteiger charge is -2.20. The van der Waals surface area contributed by atoms with Crippen LogP contribution in [0.2, 0.25) is 0 Å². The highest BCUT2D eigenvalue weighted by Gasteiger charge is 2.34. The second kappa shape index (κ2) is 5.48. The van der Waals surface area contributed by atoms with Crippen LogP contribution in [0, 0.1) is 11.6 Å². The Labute approximate surface area is 120 Å². The first-order valence-electron chi connectivity index (χ1n) is 6.88. The van der Waals surface area contributed by atoms with E-state index in [1.807, 2.05) is 0 Å². The van der Waals surface area contributed by atoms with E-state index in [-0.39, 0.29) is 11.6 Å². The Morgan fingerprint density at radius 3 is 2.62 bits per heavy atom. The smallest absolute Gasteiger partial charge is 0.162 e. The van der Waals surface area contributed by atoms with Crippen LogP contribution in [0.4, 0.5) is 13.2 Å². The number of alkyl halides is 1. The van der Waals surface area contributed by atoms with Crippen LogP contribution in [0.15, 0.2) is 36.5 Å². The molecule has 1 aliphatic carbocycles. The second-order valence-electron chi connectivity index (χ2n) is 5.31. The first-order valence-corrected chi connectivity index (χ1v) is 6.88. The molecule has 0 aliphatic heterocycles. The number of pyridine rings is 1. The van der Waals surface area contributed by atoms with Crippen molar-refractivity contribution >= 4 is 0 Å². The van der Waals surface area contributed by atoms with Gasteiger partial charge in [-0.2, -0.15) is 0 Å². The number of hydrogen-bond donors (Lipinski definition) is 1. The van der Waals surface area contributed by atoms with Crippen LogP contribution in [0.25, 0.3) is 0 Å². The molecule has 5 heteroatoms. The minimum atomic E-state index is -1.45. The Kier molecular flexibility index (Phi) is 3.68. The van der Waals surface area contributed by atoms with Gasteiger partial charge in [0.25, 0.3) is 0 Å². The normalized spacial score (nSPS) is 25.2. The summed E-state index contributed by atoms with van der Waals surface area (Å²) in [4.78, 5) is 4.15. The van der Waals surface area contributed by atoms with E-state index < -0.39 is 23.7 Å². The van der Waals surface area contributed by atoms with Crippen LogP contribution in [0.3, 0.4) is 0 Å². The zero-order chi connectivity index (χ0) is 15.0. The summed E-state index contributed by atoms with van der Waals surface area (Å²) < 4.78 is 42.3. The molecule has 3 atom stereocenters. The lowest BCUT2D eigenvalue weighted by Crippen LogP contribution is -2.12. The van der Waals surface area contributed by atoms with Crippen LogP contribution < -0.4 is 5.73 Å². The zero-order valence-electron chi connectivity index (χ0n) is 11.3. The van der Waals surface area contributed by atoms with Gasteiger partial charge in [0.05, 0.1) is 5.69 Å². The molecular weight excluding hydrogens is 277 g/mol. The number of aromatic nitrogens is 1. The molecule has 0 saturated heterocycles. The number of fused-ring (bicyclic) bond motifs is 1. The number of benzene rings is 1. The maximum atomic E-state index is 14.9. The van der Waals surface area contributed by atoms with Gasteiger partial charge in [0, 0.05) is 23.7 Å². The average Bonchev–Trinajstić information content (AvgIpc) is 2.62. The molecule has 1 aromatic heterocycles. The van der Waals surface area contributed by atoms with Crippen molar-refractivity contribution in [2.45, 2.75) is 31.0 Å². The number of hydrogen-bond acceptors (Lipinski definition) is 2. The Morgan fingerprint density at radius 2 is 1.81 bits per heavy atom. The molecule has 0 saturated carbocycles. The van der Waals surface area contributed by atoms with E-state index in [1.54, 1.807) is 18.3 Å². The fraction of sp³-hybridized carbons (Fsp3) is 0.312. The molecule has 0 spiro atoms. The highest BCUT2D eigenvalue weighted by Crippen LogP contribution is 2.44. The summed E-state index contributed by atoms with van der Waals surface area (Å²) in [6.07, 6.45) is 0.942. The number of nitrogens with two attached hydrogens (primary N) is 1. The third kappa shape index (κ3) is 2.42. The van der Waals surface area contributed by atoms with Crippen molar-refractivity contribution in [3.63, 3.8) is 0 Å². The van der Waals surface area contributed by atoms with E-state index in [1.165, 1.54) is 12.1 Å².